The van der Waals surface area contributed by atoms with Crippen LogP contribution in [0.3, 0.4) is 0 Å². The van der Waals surface area contributed by atoms with E-state index in [-0.39, 0.29) is 5.56 Å². The van der Waals surface area contributed by atoms with E-state index in [1.165, 1.54) is 10.9 Å². The van der Waals surface area contributed by atoms with E-state index in [1.54, 1.807) is 12.3 Å². The van der Waals surface area contributed by atoms with Crippen LogP contribution in [0.2, 0.25) is 0 Å². The van der Waals surface area contributed by atoms with E-state index in [2.05, 4.69) is 9.97 Å². The van der Waals surface area contributed by atoms with Crippen LogP contribution in [-0.4, -0.2) is 14.5 Å². The molecule has 18 heavy (non-hydrogen) atoms. The molecule has 0 N–H and O–H groups in total. The van der Waals surface area contributed by atoms with Crippen molar-refractivity contribution in [1.29, 1.82) is 0 Å². The fourth-order valence-electron chi connectivity index (χ4n) is 1.90. The van der Waals surface area contributed by atoms with Gasteiger partial charge in [0.15, 0.2) is 0 Å². The van der Waals surface area contributed by atoms with Crippen molar-refractivity contribution in [2.24, 2.45) is 0 Å². The summed E-state index contributed by atoms with van der Waals surface area (Å²) in [7, 11) is 0. The molecule has 0 aliphatic carbocycles. The summed E-state index contributed by atoms with van der Waals surface area (Å²) >= 11 is 0. The molecule has 2 aromatic heterocycles. The molecule has 0 saturated carbocycles. The summed E-state index contributed by atoms with van der Waals surface area (Å²) < 4.78 is 1.46. The van der Waals surface area contributed by atoms with Crippen LogP contribution in [0.25, 0.3) is 16.7 Å². The van der Waals surface area contributed by atoms with Gasteiger partial charge >= 0.3 is 0 Å². The van der Waals surface area contributed by atoms with Crippen molar-refractivity contribution in [3.05, 3.63) is 64.8 Å². The number of pyridine rings is 1. The summed E-state index contributed by atoms with van der Waals surface area (Å²) in [5.74, 6) is 0.582. The molecule has 0 saturated heterocycles. The Hall–Kier alpha value is -2.49. The lowest BCUT2D eigenvalue weighted by atomic mass is 10.2. The molecule has 88 valence electrons. The molecule has 0 amide bonds. The zero-order chi connectivity index (χ0) is 12.5. The van der Waals surface area contributed by atoms with Gasteiger partial charge in [-0.3, -0.25) is 9.36 Å². The van der Waals surface area contributed by atoms with E-state index in [4.69, 9.17) is 0 Å². The molecule has 4 nitrogen and oxygen atoms in total. The maximum Gasteiger partial charge on any atom is 0.266 e. The fourth-order valence-corrected chi connectivity index (χ4v) is 1.90. The Kier molecular flexibility index (Phi) is 2.41. The minimum atomic E-state index is -0.0950. The van der Waals surface area contributed by atoms with Crippen LogP contribution in [-0.2, 0) is 0 Å². The Bertz CT molecular complexity index is 763. The highest BCUT2D eigenvalue weighted by molar-refractivity contribution is 5.78. The number of nitrogens with zero attached hydrogens (tertiary/aromatic N) is 3. The zero-order valence-electron chi connectivity index (χ0n) is 9.87. The molecule has 0 unspecified atom stereocenters. The largest absolute Gasteiger partial charge is 0.268 e. The number of aromatic nitrogens is 3. The molecule has 0 aliphatic rings. The standard InChI is InChI=1S/C14H11N3O/c1-10-5-6-12-11(8-10)14(18)17(9-16-12)13-4-2-3-7-15-13/h2-9H,1H3. The van der Waals surface area contributed by atoms with Crippen LogP contribution in [0.5, 0.6) is 0 Å². The third-order valence-electron chi connectivity index (χ3n) is 2.81. The predicted molar refractivity (Wildman–Crippen MR) is 69.9 cm³/mol. The van der Waals surface area contributed by atoms with Crippen LogP contribution < -0.4 is 5.56 Å². The normalized spacial score (nSPS) is 10.7. The van der Waals surface area contributed by atoms with Crippen molar-refractivity contribution < 1.29 is 0 Å². The van der Waals surface area contributed by atoms with Crippen molar-refractivity contribution >= 4 is 10.9 Å². The molecular weight excluding hydrogens is 226 g/mol. The number of benzene rings is 1. The minimum Gasteiger partial charge on any atom is -0.268 e. The Morgan fingerprint density at radius 2 is 2.00 bits per heavy atom. The predicted octanol–water partition coefficient (Wildman–Crippen LogP) is 2.09. The Balaban J connectivity index is 2.33. The summed E-state index contributed by atoms with van der Waals surface area (Å²) in [4.78, 5) is 20.8. The van der Waals surface area contributed by atoms with E-state index in [9.17, 15) is 4.79 Å². The highest BCUT2D eigenvalue weighted by atomic mass is 16.1. The lowest BCUT2D eigenvalue weighted by molar-refractivity contribution is 0.920. The van der Waals surface area contributed by atoms with E-state index in [0.29, 0.717) is 16.7 Å². The first-order valence-corrected chi connectivity index (χ1v) is 5.65. The molecule has 0 bridgehead atoms. The van der Waals surface area contributed by atoms with Crippen molar-refractivity contribution in [3.63, 3.8) is 0 Å². The molecule has 3 rings (SSSR count). The van der Waals surface area contributed by atoms with Gasteiger partial charge in [-0.05, 0) is 31.2 Å². The molecule has 0 aliphatic heterocycles. The highest BCUT2D eigenvalue weighted by Gasteiger charge is 2.06. The van der Waals surface area contributed by atoms with Crippen LogP contribution in [0.1, 0.15) is 5.56 Å². The number of fused-ring (bicyclic) bond motifs is 1. The van der Waals surface area contributed by atoms with Gasteiger partial charge in [0, 0.05) is 6.20 Å². The number of hydrogen-bond donors (Lipinski definition) is 0. The summed E-state index contributed by atoms with van der Waals surface area (Å²) in [6.45, 7) is 1.96. The summed E-state index contributed by atoms with van der Waals surface area (Å²) in [5.41, 5.74) is 1.65. The van der Waals surface area contributed by atoms with E-state index >= 15 is 0 Å². The van der Waals surface area contributed by atoms with Crippen molar-refractivity contribution in [2.75, 3.05) is 0 Å². The van der Waals surface area contributed by atoms with Gasteiger partial charge in [0.1, 0.15) is 12.1 Å². The molecule has 0 fully saturated rings. The van der Waals surface area contributed by atoms with Crippen LogP contribution in [0, 0.1) is 6.92 Å². The average molecular weight is 237 g/mol. The number of hydrogen-bond acceptors (Lipinski definition) is 3. The Morgan fingerprint density at radius 3 is 2.78 bits per heavy atom. The number of aryl methyl sites for hydroxylation is 1. The summed E-state index contributed by atoms with van der Waals surface area (Å²) in [6, 6.07) is 11.1. The first-order valence-electron chi connectivity index (χ1n) is 5.65. The van der Waals surface area contributed by atoms with Crippen molar-refractivity contribution in [1.82, 2.24) is 14.5 Å². The lowest BCUT2D eigenvalue weighted by Gasteiger charge is -2.05. The molecule has 2 heterocycles. The first-order chi connectivity index (χ1) is 8.75. The van der Waals surface area contributed by atoms with Gasteiger partial charge in [0.25, 0.3) is 5.56 Å². The van der Waals surface area contributed by atoms with Crippen LogP contribution in [0.4, 0.5) is 0 Å². The van der Waals surface area contributed by atoms with Crippen LogP contribution in [0.15, 0.2) is 53.7 Å². The average Bonchev–Trinajstić information content (AvgIpc) is 2.41. The highest BCUT2D eigenvalue weighted by Crippen LogP contribution is 2.10. The van der Waals surface area contributed by atoms with Gasteiger partial charge in [0.05, 0.1) is 10.9 Å². The van der Waals surface area contributed by atoms with Crippen molar-refractivity contribution in [2.45, 2.75) is 6.92 Å². The maximum absolute atomic E-state index is 12.4. The lowest BCUT2D eigenvalue weighted by Crippen LogP contribution is -2.19. The second-order valence-electron chi connectivity index (χ2n) is 4.13. The third-order valence-corrected chi connectivity index (χ3v) is 2.81. The quantitative estimate of drug-likeness (QED) is 0.651. The van der Waals surface area contributed by atoms with Crippen molar-refractivity contribution in [3.8, 4) is 5.82 Å². The molecule has 0 radical (unpaired) electrons. The molecule has 4 heteroatoms. The molecular formula is C14H11N3O. The van der Waals surface area contributed by atoms with Gasteiger partial charge < -0.3 is 0 Å². The minimum absolute atomic E-state index is 0.0950. The SMILES string of the molecule is Cc1ccc2ncn(-c3ccccn3)c(=O)c2c1. The Labute approximate surface area is 104 Å². The first kappa shape index (κ1) is 10.7. The second kappa shape index (κ2) is 4.07. The van der Waals surface area contributed by atoms with E-state index < -0.39 is 0 Å². The number of rotatable bonds is 1. The maximum atomic E-state index is 12.4. The summed E-state index contributed by atoms with van der Waals surface area (Å²) in [6.07, 6.45) is 3.17. The van der Waals surface area contributed by atoms with Gasteiger partial charge in [-0.25, -0.2) is 9.97 Å². The topological polar surface area (TPSA) is 47.8 Å². The molecule has 1 aromatic carbocycles. The van der Waals surface area contributed by atoms with Crippen LogP contribution >= 0.6 is 0 Å². The third kappa shape index (κ3) is 1.68. The summed E-state index contributed by atoms with van der Waals surface area (Å²) in [5, 5.41) is 0.614. The van der Waals surface area contributed by atoms with E-state index in [1.807, 2.05) is 37.3 Å². The van der Waals surface area contributed by atoms with Gasteiger partial charge in [-0.1, -0.05) is 17.7 Å². The zero-order valence-corrected chi connectivity index (χ0v) is 9.87. The van der Waals surface area contributed by atoms with Gasteiger partial charge in [-0.2, -0.15) is 0 Å². The molecule has 3 aromatic rings. The Morgan fingerprint density at radius 1 is 1.11 bits per heavy atom. The van der Waals surface area contributed by atoms with E-state index in [0.717, 1.165) is 5.56 Å². The molecule has 0 atom stereocenters. The fraction of sp³-hybridized carbons (Fsp3) is 0.0714. The van der Waals surface area contributed by atoms with Gasteiger partial charge in [0.2, 0.25) is 0 Å². The molecule has 0 spiro atoms. The smallest absolute Gasteiger partial charge is 0.266 e. The van der Waals surface area contributed by atoms with Gasteiger partial charge in [-0.15, -0.1) is 0 Å². The second-order valence-corrected chi connectivity index (χ2v) is 4.13. The monoisotopic (exact) mass is 237 g/mol.